The fraction of sp³-hybridized carbons (Fsp3) is 0.583. The highest BCUT2D eigenvalue weighted by molar-refractivity contribution is 5.21. The van der Waals surface area contributed by atoms with Gasteiger partial charge in [-0.1, -0.05) is 50.0 Å². The zero-order valence-corrected chi connectivity index (χ0v) is 8.05. The van der Waals surface area contributed by atoms with Crippen LogP contribution in [0, 0.1) is 6.42 Å². The minimum atomic E-state index is 1.14. The molecule has 0 unspecified atom stereocenters. The molecule has 12 heavy (non-hydrogen) atoms. The summed E-state index contributed by atoms with van der Waals surface area (Å²) in [6.07, 6.45) is 16.9. The van der Waals surface area contributed by atoms with E-state index < -0.39 is 0 Å². The van der Waals surface area contributed by atoms with Crippen molar-refractivity contribution in [3.05, 3.63) is 30.2 Å². The quantitative estimate of drug-likeness (QED) is 0.423. The summed E-state index contributed by atoms with van der Waals surface area (Å²) in [7, 11) is 0. The largest absolute Gasteiger partial charge is 0.0844 e. The Kier molecular flexibility index (Phi) is 4.82. The van der Waals surface area contributed by atoms with E-state index in [4.69, 9.17) is 0 Å². The first kappa shape index (κ1) is 9.57. The molecule has 0 saturated heterocycles. The van der Waals surface area contributed by atoms with Gasteiger partial charge in [0.25, 0.3) is 0 Å². The lowest BCUT2D eigenvalue weighted by atomic mass is 9.99. The van der Waals surface area contributed by atoms with Crippen LogP contribution in [-0.2, 0) is 0 Å². The van der Waals surface area contributed by atoms with Crippen molar-refractivity contribution >= 4 is 0 Å². The van der Waals surface area contributed by atoms with E-state index in [-0.39, 0.29) is 0 Å². The van der Waals surface area contributed by atoms with Crippen LogP contribution >= 0.6 is 0 Å². The molecule has 0 spiro atoms. The standard InChI is InChI=1S/C12H19/c1-2-3-4-6-9-12-10-7-5-8-11-12/h5,7,9,11H,2-4,6,8,10H2,1H3. The molecule has 0 N–H and O–H groups in total. The Balaban J connectivity index is 2.03. The van der Waals surface area contributed by atoms with Crippen molar-refractivity contribution in [3.63, 3.8) is 0 Å². The summed E-state index contributed by atoms with van der Waals surface area (Å²) in [5, 5.41) is 0. The Hall–Kier alpha value is -0.520. The van der Waals surface area contributed by atoms with E-state index in [1.165, 1.54) is 31.3 Å². The van der Waals surface area contributed by atoms with E-state index >= 15 is 0 Å². The molecule has 0 atom stereocenters. The molecule has 0 fully saturated rings. The molecule has 0 saturated carbocycles. The molecular weight excluding hydrogens is 144 g/mol. The lowest BCUT2D eigenvalue weighted by molar-refractivity contribution is 0.711. The molecule has 0 amide bonds. The second kappa shape index (κ2) is 6.05. The third-order valence-electron chi connectivity index (χ3n) is 2.25. The molecule has 0 aliphatic heterocycles. The molecule has 1 radical (unpaired) electrons. The second-order valence-corrected chi connectivity index (χ2v) is 3.39. The lowest BCUT2D eigenvalue weighted by Gasteiger charge is -2.06. The van der Waals surface area contributed by atoms with E-state index in [0.29, 0.717) is 0 Å². The fourth-order valence-electron chi connectivity index (χ4n) is 1.47. The first-order valence-corrected chi connectivity index (χ1v) is 5.10. The fourth-order valence-corrected chi connectivity index (χ4v) is 1.47. The Morgan fingerprint density at radius 2 is 2.25 bits per heavy atom. The van der Waals surface area contributed by atoms with Crippen LogP contribution in [0.3, 0.4) is 0 Å². The van der Waals surface area contributed by atoms with Crippen LogP contribution in [-0.4, -0.2) is 0 Å². The highest BCUT2D eigenvalue weighted by Crippen LogP contribution is 2.16. The minimum Gasteiger partial charge on any atom is -0.0844 e. The molecule has 67 valence electrons. The molecule has 0 aromatic heterocycles. The van der Waals surface area contributed by atoms with Crippen LogP contribution in [0.4, 0.5) is 0 Å². The Bertz CT molecular complexity index is 163. The summed E-state index contributed by atoms with van der Waals surface area (Å²) in [4.78, 5) is 0. The van der Waals surface area contributed by atoms with Gasteiger partial charge in [0.1, 0.15) is 0 Å². The summed E-state index contributed by atoms with van der Waals surface area (Å²) in [6.45, 7) is 2.25. The van der Waals surface area contributed by atoms with Crippen LogP contribution < -0.4 is 0 Å². The summed E-state index contributed by atoms with van der Waals surface area (Å²) in [5.74, 6) is 0. The monoisotopic (exact) mass is 163 g/mol. The maximum absolute atomic E-state index is 2.40. The zero-order valence-electron chi connectivity index (χ0n) is 8.05. The summed E-state index contributed by atoms with van der Waals surface area (Å²) >= 11 is 0. The topological polar surface area (TPSA) is 0 Å². The Morgan fingerprint density at radius 3 is 2.92 bits per heavy atom. The van der Waals surface area contributed by atoms with E-state index in [1.807, 2.05) is 0 Å². The molecule has 0 heteroatoms. The van der Waals surface area contributed by atoms with Crippen LogP contribution in [0.25, 0.3) is 0 Å². The first-order chi connectivity index (χ1) is 5.93. The van der Waals surface area contributed by atoms with Crippen molar-refractivity contribution in [3.8, 4) is 0 Å². The maximum atomic E-state index is 2.40. The van der Waals surface area contributed by atoms with Crippen molar-refractivity contribution in [2.45, 2.75) is 45.4 Å². The molecule has 1 aliphatic carbocycles. The molecule has 0 aromatic carbocycles. The second-order valence-electron chi connectivity index (χ2n) is 3.39. The molecule has 1 rings (SSSR count). The summed E-state index contributed by atoms with van der Waals surface area (Å²) < 4.78 is 0. The zero-order chi connectivity index (χ0) is 8.65. The number of rotatable bonds is 5. The molecule has 0 nitrogen and oxygen atoms in total. The van der Waals surface area contributed by atoms with Gasteiger partial charge in [-0.05, 0) is 25.7 Å². The van der Waals surface area contributed by atoms with Crippen LogP contribution in [0.15, 0.2) is 23.8 Å². The maximum Gasteiger partial charge on any atom is -0.0134 e. The van der Waals surface area contributed by atoms with Crippen molar-refractivity contribution in [1.82, 2.24) is 0 Å². The average Bonchev–Trinajstić information content (AvgIpc) is 2.14. The van der Waals surface area contributed by atoms with E-state index in [2.05, 4.69) is 31.6 Å². The van der Waals surface area contributed by atoms with Gasteiger partial charge in [0.15, 0.2) is 0 Å². The Labute approximate surface area is 76.4 Å². The summed E-state index contributed by atoms with van der Waals surface area (Å²) in [6, 6.07) is 0. The highest BCUT2D eigenvalue weighted by atomic mass is 14.0. The first-order valence-electron chi connectivity index (χ1n) is 5.10. The van der Waals surface area contributed by atoms with Gasteiger partial charge in [-0.25, -0.2) is 0 Å². The van der Waals surface area contributed by atoms with Crippen molar-refractivity contribution in [2.24, 2.45) is 0 Å². The number of unbranched alkanes of at least 4 members (excludes halogenated alkanes) is 3. The predicted molar refractivity (Wildman–Crippen MR) is 54.9 cm³/mol. The number of hydrogen-bond donors (Lipinski definition) is 0. The van der Waals surface area contributed by atoms with Gasteiger partial charge in [0.2, 0.25) is 0 Å². The van der Waals surface area contributed by atoms with Crippen molar-refractivity contribution < 1.29 is 0 Å². The lowest BCUT2D eigenvalue weighted by Crippen LogP contribution is -1.88. The number of hydrogen-bond acceptors (Lipinski definition) is 0. The normalized spacial score (nSPS) is 16.2. The highest BCUT2D eigenvalue weighted by Gasteiger charge is 1.98. The van der Waals surface area contributed by atoms with E-state index in [0.717, 1.165) is 12.8 Å². The van der Waals surface area contributed by atoms with Gasteiger partial charge in [-0.2, -0.15) is 0 Å². The average molecular weight is 163 g/mol. The van der Waals surface area contributed by atoms with Gasteiger partial charge in [0, 0.05) is 0 Å². The molecule has 1 aliphatic rings. The molecule has 0 bridgehead atoms. The van der Waals surface area contributed by atoms with E-state index in [9.17, 15) is 0 Å². The molecular formula is C12H19. The molecule has 0 heterocycles. The third kappa shape index (κ3) is 3.75. The smallest absolute Gasteiger partial charge is 0.0134 e. The number of allylic oxidation sites excluding steroid dienone is 4. The van der Waals surface area contributed by atoms with Gasteiger partial charge in [-0.15, -0.1) is 0 Å². The van der Waals surface area contributed by atoms with E-state index in [1.54, 1.807) is 0 Å². The van der Waals surface area contributed by atoms with Gasteiger partial charge in [-0.3, -0.25) is 0 Å². The van der Waals surface area contributed by atoms with Crippen LogP contribution in [0.2, 0.25) is 0 Å². The van der Waals surface area contributed by atoms with Crippen LogP contribution in [0.5, 0.6) is 0 Å². The predicted octanol–water partition coefficient (Wildman–Crippen LogP) is 4.05. The van der Waals surface area contributed by atoms with Gasteiger partial charge >= 0.3 is 0 Å². The van der Waals surface area contributed by atoms with Gasteiger partial charge in [0.05, 0.1) is 0 Å². The summed E-state index contributed by atoms with van der Waals surface area (Å²) in [5.41, 5.74) is 1.54. The van der Waals surface area contributed by atoms with Crippen molar-refractivity contribution in [1.29, 1.82) is 0 Å². The minimum absolute atomic E-state index is 1.14. The van der Waals surface area contributed by atoms with Gasteiger partial charge < -0.3 is 0 Å². The van der Waals surface area contributed by atoms with Crippen molar-refractivity contribution in [2.75, 3.05) is 0 Å². The SMILES string of the molecule is CCCCC[CH]C1=CCC=CC1. The molecule has 0 aromatic rings. The third-order valence-corrected chi connectivity index (χ3v) is 2.25. The Morgan fingerprint density at radius 1 is 1.33 bits per heavy atom. The van der Waals surface area contributed by atoms with Crippen LogP contribution in [0.1, 0.15) is 45.4 Å².